The third kappa shape index (κ3) is 7.31. The van der Waals surface area contributed by atoms with Crippen molar-refractivity contribution in [2.45, 2.75) is 39.2 Å². The summed E-state index contributed by atoms with van der Waals surface area (Å²) in [5.41, 5.74) is 0. The van der Waals surface area contributed by atoms with Gasteiger partial charge >= 0.3 is 5.97 Å². The van der Waals surface area contributed by atoms with Crippen LogP contribution in [0.15, 0.2) is 0 Å². The summed E-state index contributed by atoms with van der Waals surface area (Å²) in [4.78, 5) is 11.2. The minimum Gasteiger partial charge on any atom is -0.481 e. The molecule has 0 radical (unpaired) electrons. The first-order valence-electron chi connectivity index (χ1n) is 6.20. The van der Waals surface area contributed by atoms with E-state index in [1.165, 1.54) is 0 Å². The van der Waals surface area contributed by atoms with Gasteiger partial charge in [-0.1, -0.05) is 0 Å². The van der Waals surface area contributed by atoms with E-state index in [-0.39, 0.29) is 6.61 Å². The van der Waals surface area contributed by atoms with E-state index in [1.807, 2.05) is 13.8 Å². The zero-order valence-corrected chi connectivity index (χ0v) is 10.7. The average molecular weight is 248 g/mol. The monoisotopic (exact) mass is 248 g/mol. The summed E-state index contributed by atoms with van der Waals surface area (Å²) in [5.74, 6) is -1.43. The minimum atomic E-state index is -0.867. The van der Waals surface area contributed by atoms with E-state index in [4.69, 9.17) is 19.7 Å². The Morgan fingerprint density at radius 1 is 1.24 bits per heavy atom. The predicted octanol–water partition coefficient (Wildman–Crippen LogP) is 1.29. The predicted molar refractivity (Wildman–Crippen MR) is 64.0 cm³/mol. The molecule has 17 heavy (non-hydrogen) atoms. The summed E-state index contributed by atoms with van der Waals surface area (Å²) in [6, 6.07) is 0. The molecule has 2 N–H and O–H groups in total. The molecule has 102 valence electrons. The van der Waals surface area contributed by atoms with E-state index >= 15 is 0 Å². The number of hydrogen-bond acceptors (Lipinski definition) is 4. The third-order valence-corrected chi connectivity index (χ3v) is 2.57. The van der Waals surface area contributed by atoms with E-state index < -0.39 is 18.0 Å². The fraction of sp³-hybridized carbons (Fsp3) is 0.917. The Morgan fingerprint density at radius 2 is 1.94 bits per heavy atom. The van der Waals surface area contributed by atoms with Crippen molar-refractivity contribution in [2.75, 3.05) is 26.4 Å². The van der Waals surface area contributed by atoms with E-state index in [9.17, 15) is 4.79 Å². The van der Waals surface area contributed by atoms with E-state index in [0.29, 0.717) is 39.1 Å². The van der Waals surface area contributed by atoms with Crippen LogP contribution in [-0.2, 0) is 14.3 Å². The van der Waals surface area contributed by atoms with Gasteiger partial charge in [-0.2, -0.15) is 0 Å². The standard InChI is InChI=1S/C12H24O5/c1-3-16-9-5-6-10(12(14)15)11(7-8-13)17-4-2/h10-11,13H,3-9H2,1-2H3,(H,14,15). The molecule has 0 bridgehead atoms. The minimum absolute atomic E-state index is 0.0556. The van der Waals surface area contributed by atoms with Gasteiger partial charge in [0.2, 0.25) is 0 Å². The second kappa shape index (κ2) is 10.5. The van der Waals surface area contributed by atoms with Crippen molar-refractivity contribution in [2.24, 2.45) is 5.92 Å². The molecule has 0 saturated heterocycles. The van der Waals surface area contributed by atoms with Crippen molar-refractivity contribution in [3.8, 4) is 0 Å². The Kier molecular flexibility index (Phi) is 10.1. The maximum atomic E-state index is 11.2. The molecular formula is C12H24O5. The van der Waals surface area contributed by atoms with Gasteiger partial charge in [-0.05, 0) is 33.1 Å². The molecule has 0 aliphatic heterocycles. The molecule has 0 aliphatic carbocycles. The summed E-state index contributed by atoms with van der Waals surface area (Å²) in [7, 11) is 0. The largest absolute Gasteiger partial charge is 0.481 e. The summed E-state index contributed by atoms with van der Waals surface area (Å²) in [6.45, 7) is 5.34. The second-order valence-electron chi connectivity index (χ2n) is 3.79. The normalized spacial score (nSPS) is 14.5. The molecule has 0 saturated carbocycles. The fourth-order valence-corrected chi connectivity index (χ4v) is 1.76. The quantitative estimate of drug-likeness (QED) is 0.539. The lowest BCUT2D eigenvalue weighted by molar-refractivity contribution is -0.148. The molecule has 2 atom stereocenters. The number of aliphatic hydroxyl groups is 1. The van der Waals surface area contributed by atoms with E-state index in [1.54, 1.807) is 0 Å². The lowest BCUT2D eigenvalue weighted by Gasteiger charge is -2.23. The maximum absolute atomic E-state index is 11.2. The Balaban J connectivity index is 4.20. The molecule has 0 aromatic carbocycles. The number of hydrogen-bond donors (Lipinski definition) is 2. The molecule has 0 rings (SSSR count). The van der Waals surface area contributed by atoms with Crippen LogP contribution in [0.1, 0.15) is 33.1 Å². The van der Waals surface area contributed by atoms with Crippen molar-refractivity contribution in [1.82, 2.24) is 0 Å². The molecule has 0 fully saturated rings. The average Bonchev–Trinajstić information content (AvgIpc) is 2.28. The number of aliphatic carboxylic acids is 1. The van der Waals surface area contributed by atoms with Crippen molar-refractivity contribution in [3.05, 3.63) is 0 Å². The van der Waals surface area contributed by atoms with Crippen LogP contribution in [0.25, 0.3) is 0 Å². The number of ether oxygens (including phenoxy) is 2. The Hall–Kier alpha value is -0.650. The van der Waals surface area contributed by atoms with Gasteiger partial charge in [-0.3, -0.25) is 4.79 Å². The highest BCUT2D eigenvalue weighted by Crippen LogP contribution is 2.18. The molecule has 0 aromatic rings. The van der Waals surface area contributed by atoms with Crippen molar-refractivity contribution < 1.29 is 24.5 Å². The topological polar surface area (TPSA) is 76.0 Å². The molecule has 0 aromatic heterocycles. The van der Waals surface area contributed by atoms with Crippen molar-refractivity contribution >= 4 is 5.97 Å². The van der Waals surface area contributed by atoms with Gasteiger partial charge < -0.3 is 19.7 Å². The zero-order chi connectivity index (χ0) is 13.1. The first-order valence-corrected chi connectivity index (χ1v) is 6.20. The van der Waals surface area contributed by atoms with Crippen LogP contribution in [0.3, 0.4) is 0 Å². The molecule has 0 heterocycles. The highest BCUT2D eigenvalue weighted by atomic mass is 16.5. The van der Waals surface area contributed by atoms with E-state index in [0.717, 1.165) is 0 Å². The van der Waals surface area contributed by atoms with Gasteiger partial charge in [0.1, 0.15) is 0 Å². The highest BCUT2D eigenvalue weighted by Gasteiger charge is 2.27. The highest BCUT2D eigenvalue weighted by molar-refractivity contribution is 5.70. The summed E-state index contributed by atoms with van der Waals surface area (Å²) in [5, 5.41) is 18.1. The SMILES string of the molecule is CCOCCCC(C(=O)O)C(CCO)OCC. The smallest absolute Gasteiger partial charge is 0.309 e. The van der Waals surface area contributed by atoms with Crippen LogP contribution in [0.2, 0.25) is 0 Å². The first kappa shape index (κ1) is 16.4. The number of carbonyl (C=O) groups is 1. The molecular weight excluding hydrogens is 224 g/mol. The van der Waals surface area contributed by atoms with Crippen molar-refractivity contribution in [1.29, 1.82) is 0 Å². The molecule has 0 amide bonds. The summed E-state index contributed by atoms with van der Waals surface area (Å²) >= 11 is 0. The Labute approximate surface area is 103 Å². The first-order chi connectivity index (χ1) is 8.17. The van der Waals surface area contributed by atoms with Crippen LogP contribution in [0.4, 0.5) is 0 Å². The molecule has 5 nitrogen and oxygen atoms in total. The number of carboxylic acid groups (broad SMARTS) is 1. The summed E-state index contributed by atoms with van der Waals surface area (Å²) < 4.78 is 10.6. The summed E-state index contributed by atoms with van der Waals surface area (Å²) in [6.07, 6.45) is 1.16. The van der Waals surface area contributed by atoms with Crippen LogP contribution in [-0.4, -0.2) is 48.7 Å². The van der Waals surface area contributed by atoms with Crippen molar-refractivity contribution in [3.63, 3.8) is 0 Å². The van der Waals surface area contributed by atoms with Gasteiger partial charge in [0.25, 0.3) is 0 Å². The number of carboxylic acids is 1. The molecule has 5 heteroatoms. The van der Waals surface area contributed by atoms with Gasteiger partial charge in [0.05, 0.1) is 12.0 Å². The molecule has 0 spiro atoms. The fourth-order valence-electron chi connectivity index (χ4n) is 1.76. The molecule has 0 aliphatic rings. The maximum Gasteiger partial charge on any atom is 0.309 e. The van der Waals surface area contributed by atoms with Gasteiger partial charge in [-0.15, -0.1) is 0 Å². The van der Waals surface area contributed by atoms with Crippen LogP contribution < -0.4 is 0 Å². The Bertz CT molecular complexity index is 189. The van der Waals surface area contributed by atoms with Crippen LogP contribution >= 0.6 is 0 Å². The van der Waals surface area contributed by atoms with Gasteiger partial charge in [-0.25, -0.2) is 0 Å². The van der Waals surface area contributed by atoms with Crippen LogP contribution in [0.5, 0.6) is 0 Å². The number of aliphatic hydroxyl groups excluding tert-OH is 1. The lowest BCUT2D eigenvalue weighted by atomic mass is 9.95. The van der Waals surface area contributed by atoms with E-state index in [2.05, 4.69) is 0 Å². The van der Waals surface area contributed by atoms with Crippen LogP contribution in [0, 0.1) is 5.92 Å². The second-order valence-corrected chi connectivity index (χ2v) is 3.79. The lowest BCUT2D eigenvalue weighted by Crippen LogP contribution is -2.32. The number of rotatable bonds is 11. The zero-order valence-electron chi connectivity index (χ0n) is 10.7. The van der Waals surface area contributed by atoms with Gasteiger partial charge in [0, 0.05) is 26.4 Å². The van der Waals surface area contributed by atoms with Gasteiger partial charge in [0.15, 0.2) is 0 Å². The molecule has 2 unspecified atom stereocenters. The third-order valence-electron chi connectivity index (χ3n) is 2.57. The Morgan fingerprint density at radius 3 is 2.41 bits per heavy atom.